The molecular formula is C19H23N3O4. The maximum atomic E-state index is 12.0. The van der Waals surface area contributed by atoms with Gasteiger partial charge in [0.15, 0.2) is 0 Å². The molecule has 2 fully saturated rings. The Hall–Kier alpha value is -2.75. The molecule has 0 N–H and O–H groups in total. The molecule has 2 saturated heterocycles. The predicted octanol–water partition coefficient (Wildman–Crippen LogP) is 2.40. The second kappa shape index (κ2) is 6.20. The number of methoxy groups -OCH3 is 1. The summed E-state index contributed by atoms with van der Waals surface area (Å²) in [6, 6.07) is 7.21. The van der Waals surface area contributed by atoms with Crippen LogP contribution in [0.5, 0.6) is 0 Å². The first-order valence-electron chi connectivity index (χ1n) is 8.52. The Morgan fingerprint density at radius 1 is 1.19 bits per heavy atom. The quantitative estimate of drug-likeness (QED) is 0.756. The van der Waals surface area contributed by atoms with Crippen LogP contribution in [0.25, 0.3) is 0 Å². The number of carbonyl (C=O) groups excluding carboxylic acids is 2. The number of benzene rings is 1. The molecule has 1 spiro atoms. The van der Waals surface area contributed by atoms with Crippen LogP contribution < -0.4 is 4.90 Å². The molecule has 1 aromatic rings. The van der Waals surface area contributed by atoms with E-state index in [1.54, 1.807) is 17.0 Å². The molecule has 138 valence electrons. The lowest BCUT2D eigenvalue weighted by atomic mass is 9.72. The number of nitriles is 1. The van der Waals surface area contributed by atoms with Crippen LogP contribution in [0.2, 0.25) is 0 Å². The number of nitrogens with zero attached hydrogens (tertiary/aromatic N) is 3. The summed E-state index contributed by atoms with van der Waals surface area (Å²) in [5.74, 6) is -0.514. The van der Waals surface area contributed by atoms with Crippen LogP contribution in [-0.2, 0) is 9.47 Å². The zero-order valence-electron chi connectivity index (χ0n) is 15.5. The van der Waals surface area contributed by atoms with E-state index < -0.39 is 11.6 Å². The van der Waals surface area contributed by atoms with Crippen LogP contribution in [0.4, 0.5) is 10.5 Å². The predicted molar refractivity (Wildman–Crippen MR) is 94.9 cm³/mol. The monoisotopic (exact) mass is 357 g/mol. The van der Waals surface area contributed by atoms with Gasteiger partial charge in [0.05, 0.1) is 18.2 Å². The van der Waals surface area contributed by atoms with Gasteiger partial charge in [0.1, 0.15) is 11.7 Å². The van der Waals surface area contributed by atoms with Crippen molar-refractivity contribution >= 4 is 17.7 Å². The van der Waals surface area contributed by atoms with E-state index in [2.05, 4.69) is 4.90 Å². The molecule has 0 unspecified atom stereocenters. The SMILES string of the molecule is COC(=O)c1ccc(N2CC3(CN(C(=O)OC(C)(C)C)C3)C2)cc1C#N. The number of anilines is 1. The topological polar surface area (TPSA) is 82.9 Å². The molecule has 3 rings (SSSR count). The lowest BCUT2D eigenvalue weighted by molar-refractivity contribution is -0.0453. The van der Waals surface area contributed by atoms with E-state index in [9.17, 15) is 14.9 Å². The fourth-order valence-electron chi connectivity index (χ4n) is 3.47. The largest absolute Gasteiger partial charge is 0.465 e. The molecular weight excluding hydrogens is 334 g/mol. The van der Waals surface area contributed by atoms with Gasteiger partial charge in [0.25, 0.3) is 0 Å². The summed E-state index contributed by atoms with van der Waals surface area (Å²) >= 11 is 0. The second-order valence-corrected chi connectivity index (χ2v) is 8.03. The van der Waals surface area contributed by atoms with E-state index in [0.29, 0.717) is 18.7 Å². The summed E-state index contributed by atoms with van der Waals surface area (Å²) < 4.78 is 10.1. The molecule has 0 aromatic heterocycles. The Morgan fingerprint density at radius 3 is 2.38 bits per heavy atom. The van der Waals surface area contributed by atoms with Gasteiger partial charge in [-0.15, -0.1) is 0 Å². The van der Waals surface area contributed by atoms with Gasteiger partial charge in [-0.3, -0.25) is 0 Å². The van der Waals surface area contributed by atoms with Crippen molar-refractivity contribution < 1.29 is 19.1 Å². The normalized spacial score (nSPS) is 17.8. The van der Waals surface area contributed by atoms with Crippen LogP contribution >= 0.6 is 0 Å². The zero-order chi connectivity index (χ0) is 19.1. The summed E-state index contributed by atoms with van der Waals surface area (Å²) in [6.45, 7) is 8.57. The Labute approximate surface area is 153 Å². The third kappa shape index (κ3) is 3.32. The highest BCUT2D eigenvalue weighted by molar-refractivity contribution is 5.92. The Kier molecular flexibility index (Phi) is 4.31. The van der Waals surface area contributed by atoms with Gasteiger partial charge >= 0.3 is 12.1 Å². The number of amides is 1. The number of ether oxygens (including phenoxy) is 2. The van der Waals surface area contributed by atoms with Gasteiger partial charge in [-0.25, -0.2) is 9.59 Å². The number of rotatable bonds is 2. The highest BCUT2D eigenvalue weighted by atomic mass is 16.6. The molecule has 2 aliphatic heterocycles. The molecule has 2 aliphatic rings. The fourth-order valence-corrected chi connectivity index (χ4v) is 3.47. The molecule has 26 heavy (non-hydrogen) atoms. The van der Waals surface area contributed by atoms with E-state index in [4.69, 9.17) is 9.47 Å². The number of likely N-dealkylation sites (tertiary alicyclic amines) is 1. The summed E-state index contributed by atoms with van der Waals surface area (Å²) in [5, 5.41) is 9.27. The van der Waals surface area contributed by atoms with E-state index in [-0.39, 0.29) is 17.1 Å². The third-order valence-corrected chi connectivity index (χ3v) is 4.65. The van der Waals surface area contributed by atoms with Gasteiger partial charge in [-0.05, 0) is 39.0 Å². The third-order valence-electron chi connectivity index (χ3n) is 4.65. The van der Waals surface area contributed by atoms with Crippen molar-refractivity contribution in [2.45, 2.75) is 26.4 Å². The molecule has 7 nitrogen and oxygen atoms in total. The standard InChI is InChI=1S/C19H23N3O4/c1-18(2,3)26-17(24)22-11-19(12-22)9-21(10-19)14-5-6-15(16(23)25-4)13(7-14)8-20/h5-7H,9-12H2,1-4H3. The Bertz CT molecular complexity index is 777. The number of hydrogen-bond acceptors (Lipinski definition) is 6. The lowest BCUT2D eigenvalue weighted by Gasteiger charge is -2.60. The van der Waals surface area contributed by atoms with Gasteiger partial charge in [0, 0.05) is 37.3 Å². The fraction of sp³-hybridized carbons (Fsp3) is 0.526. The van der Waals surface area contributed by atoms with Crippen molar-refractivity contribution in [1.82, 2.24) is 4.90 Å². The van der Waals surface area contributed by atoms with Gasteiger partial charge in [-0.1, -0.05) is 0 Å². The van der Waals surface area contributed by atoms with Crippen LogP contribution in [0.3, 0.4) is 0 Å². The van der Waals surface area contributed by atoms with Crippen LogP contribution in [0.1, 0.15) is 36.7 Å². The second-order valence-electron chi connectivity index (χ2n) is 8.03. The molecule has 1 amide bonds. The minimum absolute atomic E-state index is 0.102. The van der Waals surface area contributed by atoms with Crippen molar-refractivity contribution in [2.24, 2.45) is 5.41 Å². The molecule has 1 aromatic carbocycles. The maximum Gasteiger partial charge on any atom is 0.410 e. The average Bonchev–Trinajstić information content (AvgIpc) is 2.49. The van der Waals surface area contributed by atoms with Crippen LogP contribution in [-0.4, -0.2) is 55.9 Å². The Balaban J connectivity index is 1.59. The zero-order valence-corrected chi connectivity index (χ0v) is 15.5. The van der Waals surface area contributed by atoms with Crippen molar-refractivity contribution in [3.05, 3.63) is 29.3 Å². The van der Waals surface area contributed by atoms with E-state index >= 15 is 0 Å². The molecule has 0 radical (unpaired) electrons. The van der Waals surface area contributed by atoms with Gasteiger partial charge < -0.3 is 19.3 Å². The first-order valence-corrected chi connectivity index (χ1v) is 8.52. The number of hydrogen-bond donors (Lipinski definition) is 0. The molecule has 2 heterocycles. The highest BCUT2D eigenvalue weighted by Gasteiger charge is 2.54. The maximum absolute atomic E-state index is 12.0. The summed E-state index contributed by atoms with van der Waals surface area (Å²) in [5.41, 5.74) is 1.09. The average molecular weight is 357 g/mol. The van der Waals surface area contributed by atoms with Crippen molar-refractivity contribution in [2.75, 3.05) is 38.2 Å². The van der Waals surface area contributed by atoms with Crippen molar-refractivity contribution in [3.63, 3.8) is 0 Å². The number of esters is 1. The summed E-state index contributed by atoms with van der Waals surface area (Å²) in [6.07, 6.45) is -0.268. The van der Waals surface area contributed by atoms with E-state index in [0.717, 1.165) is 18.8 Å². The minimum atomic E-state index is -0.514. The van der Waals surface area contributed by atoms with Crippen LogP contribution in [0, 0.1) is 16.7 Å². The lowest BCUT2D eigenvalue weighted by Crippen LogP contribution is -2.73. The highest BCUT2D eigenvalue weighted by Crippen LogP contribution is 2.42. The summed E-state index contributed by atoms with van der Waals surface area (Å²) in [7, 11) is 1.30. The number of carbonyl (C=O) groups is 2. The van der Waals surface area contributed by atoms with E-state index in [1.165, 1.54) is 7.11 Å². The molecule has 0 atom stereocenters. The minimum Gasteiger partial charge on any atom is -0.465 e. The van der Waals surface area contributed by atoms with Crippen molar-refractivity contribution in [1.29, 1.82) is 5.26 Å². The summed E-state index contributed by atoms with van der Waals surface area (Å²) in [4.78, 5) is 27.6. The smallest absolute Gasteiger partial charge is 0.410 e. The first-order chi connectivity index (χ1) is 12.2. The molecule has 0 saturated carbocycles. The van der Waals surface area contributed by atoms with Gasteiger partial charge in [0.2, 0.25) is 0 Å². The molecule has 0 bridgehead atoms. The molecule has 7 heteroatoms. The Morgan fingerprint density at radius 2 is 1.85 bits per heavy atom. The van der Waals surface area contributed by atoms with Crippen LogP contribution in [0.15, 0.2) is 18.2 Å². The van der Waals surface area contributed by atoms with Crippen molar-refractivity contribution in [3.8, 4) is 6.07 Å². The van der Waals surface area contributed by atoms with E-state index in [1.807, 2.05) is 32.9 Å². The molecule has 0 aliphatic carbocycles. The first kappa shape index (κ1) is 18.1. The van der Waals surface area contributed by atoms with Gasteiger partial charge in [-0.2, -0.15) is 5.26 Å².